The third kappa shape index (κ3) is 3.86. The van der Waals surface area contributed by atoms with E-state index >= 15 is 0 Å². The molecule has 0 radical (unpaired) electrons. The number of methoxy groups -OCH3 is 1. The van der Waals surface area contributed by atoms with Crippen molar-refractivity contribution in [3.63, 3.8) is 0 Å². The van der Waals surface area contributed by atoms with Gasteiger partial charge < -0.3 is 10.1 Å². The molecule has 1 amide bonds. The van der Waals surface area contributed by atoms with Gasteiger partial charge in [-0.15, -0.1) is 11.8 Å². The summed E-state index contributed by atoms with van der Waals surface area (Å²) in [7, 11) is 1.60. The van der Waals surface area contributed by atoms with Gasteiger partial charge in [-0.2, -0.15) is 5.26 Å². The molecular weight excluding hydrogens is 332 g/mol. The van der Waals surface area contributed by atoms with Gasteiger partial charge in [-0.05, 0) is 11.6 Å². The molecule has 4 nitrogen and oxygen atoms in total. The van der Waals surface area contributed by atoms with Gasteiger partial charge >= 0.3 is 0 Å². The van der Waals surface area contributed by atoms with Crippen molar-refractivity contribution in [2.45, 2.75) is 18.1 Å². The average molecular weight is 350 g/mol. The number of thioether (sulfide) groups is 1. The Labute approximate surface area is 151 Å². The smallest absolute Gasteiger partial charge is 0.225 e. The fourth-order valence-corrected chi connectivity index (χ4v) is 3.92. The molecule has 0 bridgehead atoms. The summed E-state index contributed by atoms with van der Waals surface area (Å²) in [4.78, 5) is 12.2. The molecule has 0 fully saturated rings. The Morgan fingerprint density at radius 2 is 1.92 bits per heavy atom. The molecule has 2 aromatic rings. The number of nitriles is 1. The minimum absolute atomic E-state index is 0.0783. The quantitative estimate of drug-likeness (QED) is 0.886. The van der Waals surface area contributed by atoms with Gasteiger partial charge in [-0.1, -0.05) is 48.5 Å². The third-order valence-electron chi connectivity index (χ3n) is 4.10. The van der Waals surface area contributed by atoms with Crippen LogP contribution in [0.3, 0.4) is 0 Å². The molecule has 0 saturated heterocycles. The SMILES string of the molecule is COc1ccccc1[C@H]1CC(=O)NC(SCc2ccccc2)=C1C#N. The molecule has 3 rings (SSSR count). The molecule has 1 aliphatic heterocycles. The van der Waals surface area contributed by atoms with Crippen LogP contribution < -0.4 is 10.1 Å². The molecule has 1 aliphatic rings. The summed E-state index contributed by atoms with van der Waals surface area (Å²) in [5, 5.41) is 13.2. The highest BCUT2D eigenvalue weighted by atomic mass is 32.2. The zero-order valence-corrected chi connectivity index (χ0v) is 14.7. The first kappa shape index (κ1) is 17.1. The molecule has 25 heavy (non-hydrogen) atoms. The van der Waals surface area contributed by atoms with E-state index in [1.807, 2.05) is 54.6 Å². The highest BCUT2D eigenvalue weighted by Crippen LogP contribution is 2.40. The van der Waals surface area contributed by atoms with E-state index in [2.05, 4.69) is 11.4 Å². The number of hydrogen-bond acceptors (Lipinski definition) is 4. The lowest BCUT2D eigenvalue weighted by Gasteiger charge is -2.26. The van der Waals surface area contributed by atoms with Gasteiger partial charge in [0.05, 0.1) is 23.8 Å². The summed E-state index contributed by atoms with van der Waals surface area (Å²) < 4.78 is 5.42. The predicted octanol–water partition coefficient (Wildman–Crippen LogP) is 3.97. The van der Waals surface area contributed by atoms with Gasteiger partial charge in [0.15, 0.2) is 0 Å². The molecular formula is C20H18N2O2S. The zero-order valence-electron chi connectivity index (χ0n) is 13.9. The topological polar surface area (TPSA) is 62.1 Å². The number of amides is 1. The summed E-state index contributed by atoms with van der Waals surface area (Å²) in [5.41, 5.74) is 2.60. The largest absolute Gasteiger partial charge is 0.496 e. The molecule has 2 aromatic carbocycles. The summed E-state index contributed by atoms with van der Waals surface area (Å²) in [6, 6.07) is 19.8. The number of hydrogen-bond donors (Lipinski definition) is 1. The van der Waals surface area contributed by atoms with E-state index in [0.717, 1.165) is 11.1 Å². The van der Waals surface area contributed by atoms with Gasteiger partial charge in [0.25, 0.3) is 0 Å². The number of carbonyl (C=O) groups is 1. The summed E-state index contributed by atoms with van der Waals surface area (Å²) in [5.74, 6) is 1.03. The molecule has 0 unspecified atom stereocenters. The van der Waals surface area contributed by atoms with Crippen molar-refractivity contribution in [1.82, 2.24) is 5.32 Å². The van der Waals surface area contributed by atoms with Crippen LogP contribution in [0.2, 0.25) is 0 Å². The fraction of sp³-hybridized carbons (Fsp3) is 0.200. The first-order valence-corrected chi connectivity index (χ1v) is 8.95. The van der Waals surface area contributed by atoms with Crippen LogP contribution in [0.25, 0.3) is 0 Å². The van der Waals surface area contributed by atoms with Crippen LogP contribution in [0.4, 0.5) is 0 Å². The standard InChI is InChI=1S/C20H18N2O2S/c1-24-18-10-6-5-9-15(18)16-11-19(23)22-20(17(16)12-21)25-13-14-7-3-2-4-8-14/h2-10,16H,11,13H2,1H3,(H,22,23)/t16-/m1/s1. The van der Waals surface area contributed by atoms with Crippen LogP contribution in [0.1, 0.15) is 23.5 Å². The molecule has 1 N–H and O–H groups in total. The number of benzene rings is 2. The number of para-hydroxylation sites is 1. The van der Waals surface area contributed by atoms with Crippen molar-refractivity contribution in [2.24, 2.45) is 0 Å². The van der Waals surface area contributed by atoms with E-state index in [1.165, 1.54) is 11.8 Å². The lowest BCUT2D eigenvalue weighted by atomic mass is 9.86. The lowest BCUT2D eigenvalue weighted by molar-refractivity contribution is -0.120. The fourth-order valence-electron chi connectivity index (χ4n) is 2.88. The normalized spacial score (nSPS) is 17.0. The maximum absolute atomic E-state index is 12.2. The van der Waals surface area contributed by atoms with E-state index in [4.69, 9.17) is 4.74 Å². The number of rotatable bonds is 5. The number of nitrogens with one attached hydrogen (secondary N) is 1. The first-order chi connectivity index (χ1) is 12.2. The van der Waals surface area contributed by atoms with E-state index in [0.29, 0.717) is 22.1 Å². The number of carbonyl (C=O) groups excluding carboxylic acids is 1. The van der Waals surface area contributed by atoms with Gasteiger partial charge in [0, 0.05) is 23.7 Å². The molecule has 1 atom stereocenters. The lowest BCUT2D eigenvalue weighted by Crippen LogP contribution is -2.31. The summed E-state index contributed by atoms with van der Waals surface area (Å²) >= 11 is 1.48. The van der Waals surface area contributed by atoms with Crippen LogP contribution >= 0.6 is 11.8 Å². The number of nitrogens with zero attached hydrogens (tertiary/aromatic N) is 1. The first-order valence-electron chi connectivity index (χ1n) is 7.96. The molecule has 5 heteroatoms. The molecule has 0 saturated carbocycles. The van der Waals surface area contributed by atoms with Crippen molar-refractivity contribution in [3.8, 4) is 11.8 Å². The second-order valence-electron chi connectivity index (χ2n) is 5.68. The number of allylic oxidation sites excluding steroid dienone is 1. The van der Waals surface area contributed by atoms with Gasteiger partial charge in [-0.3, -0.25) is 4.79 Å². The van der Waals surface area contributed by atoms with Crippen molar-refractivity contribution < 1.29 is 9.53 Å². The number of ether oxygens (including phenoxy) is 1. The maximum Gasteiger partial charge on any atom is 0.225 e. The van der Waals surface area contributed by atoms with Crippen molar-refractivity contribution >= 4 is 17.7 Å². The molecule has 1 heterocycles. The van der Waals surface area contributed by atoms with E-state index in [-0.39, 0.29) is 18.2 Å². The third-order valence-corrected chi connectivity index (χ3v) is 5.18. The molecule has 0 aliphatic carbocycles. The summed E-state index contributed by atoms with van der Waals surface area (Å²) in [6.07, 6.45) is 0.249. The van der Waals surface area contributed by atoms with Gasteiger partial charge in [0.1, 0.15) is 5.75 Å². The van der Waals surface area contributed by atoms with Crippen molar-refractivity contribution in [1.29, 1.82) is 5.26 Å². The highest BCUT2D eigenvalue weighted by molar-refractivity contribution is 8.02. The van der Waals surface area contributed by atoms with Crippen LogP contribution in [0, 0.1) is 11.3 Å². The Kier molecular flexibility index (Phi) is 5.42. The van der Waals surface area contributed by atoms with Crippen LogP contribution in [0.5, 0.6) is 5.75 Å². The second kappa shape index (κ2) is 7.91. The second-order valence-corrected chi connectivity index (χ2v) is 6.66. The van der Waals surface area contributed by atoms with Crippen LogP contribution in [0.15, 0.2) is 65.2 Å². The van der Waals surface area contributed by atoms with Gasteiger partial charge in [0.2, 0.25) is 5.91 Å². The Balaban J connectivity index is 1.93. The molecule has 126 valence electrons. The van der Waals surface area contributed by atoms with Crippen LogP contribution in [-0.4, -0.2) is 13.0 Å². The monoisotopic (exact) mass is 350 g/mol. The minimum atomic E-state index is -0.284. The van der Waals surface area contributed by atoms with E-state index in [9.17, 15) is 10.1 Å². The molecule has 0 aromatic heterocycles. The Hall–Kier alpha value is -2.71. The summed E-state index contributed by atoms with van der Waals surface area (Å²) in [6.45, 7) is 0. The van der Waals surface area contributed by atoms with E-state index in [1.54, 1.807) is 7.11 Å². The van der Waals surface area contributed by atoms with Crippen molar-refractivity contribution in [3.05, 3.63) is 76.3 Å². The maximum atomic E-state index is 12.2. The van der Waals surface area contributed by atoms with Gasteiger partial charge in [-0.25, -0.2) is 0 Å². The highest BCUT2D eigenvalue weighted by Gasteiger charge is 2.31. The molecule has 0 spiro atoms. The van der Waals surface area contributed by atoms with Crippen LogP contribution in [-0.2, 0) is 10.5 Å². The Bertz CT molecular complexity index is 840. The minimum Gasteiger partial charge on any atom is -0.496 e. The predicted molar refractivity (Wildman–Crippen MR) is 98.9 cm³/mol. The van der Waals surface area contributed by atoms with Crippen molar-refractivity contribution in [2.75, 3.05) is 7.11 Å². The zero-order chi connectivity index (χ0) is 17.6. The Morgan fingerprint density at radius 1 is 1.20 bits per heavy atom. The average Bonchev–Trinajstić information content (AvgIpc) is 2.66. The van der Waals surface area contributed by atoms with E-state index < -0.39 is 0 Å². The Morgan fingerprint density at radius 3 is 2.64 bits per heavy atom.